The summed E-state index contributed by atoms with van der Waals surface area (Å²) in [6.07, 6.45) is -0.0562. The van der Waals surface area contributed by atoms with Gasteiger partial charge in [-0.1, -0.05) is 0 Å². The Kier molecular flexibility index (Phi) is 4.78. The molecule has 3 fully saturated rings. The highest BCUT2D eigenvalue weighted by molar-refractivity contribution is 6.20. The van der Waals surface area contributed by atoms with Crippen molar-refractivity contribution in [1.29, 1.82) is 0 Å². The number of ether oxygens (including phenoxy) is 2. The highest BCUT2D eigenvalue weighted by atomic mass is 16.6. The number of hydrogen-bond donors (Lipinski definition) is 1. The van der Waals surface area contributed by atoms with E-state index in [1.807, 2.05) is 9.80 Å². The Labute approximate surface area is 183 Å². The molecular weight excluding hydrogens is 422 g/mol. The molecule has 3 saturated heterocycles. The second-order valence-corrected chi connectivity index (χ2v) is 8.38. The van der Waals surface area contributed by atoms with Gasteiger partial charge in [-0.3, -0.25) is 29.9 Å². The fourth-order valence-electron chi connectivity index (χ4n) is 5.17. The Balaban J connectivity index is 1.67. The molecule has 0 bridgehead atoms. The average Bonchev–Trinajstić information content (AvgIpc) is 2.81. The van der Waals surface area contributed by atoms with Gasteiger partial charge in [-0.15, -0.1) is 0 Å². The van der Waals surface area contributed by atoms with Crippen molar-refractivity contribution in [3.63, 3.8) is 0 Å². The minimum atomic E-state index is -1.61. The molecule has 1 spiro atoms. The summed E-state index contributed by atoms with van der Waals surface area (Å²) < 4.78 is 11.0. The van der Waals surface area contributed by atoms with Crippen molar-refractivity contribution in [2.24, 2.45) is 5.41 Å². The monoisotopic (exact) mass is 445 g/mol. The predicted molar refractivity (Wildman–Crippen MR) is 111 cm³/mol. The molecule has 1 N–H and O–H groups in total. The van der Waals surface area contributed by atoms with Gasteiger partial charge in [0.15, 0.2) is 5.41 Å². The first-order chi connectivity index (χ1) is 15.3. The largest absolute Gasteiger partial charge is 0.378 e. The molecule has 2 atom stereocenters. The van der Waals surface area contributed by atoms with Gasteiger partial charge in [0.05, 0.1) is 37.4 Å². The number of amides is 4. The van der Waals surface area contributed by atoms with Crippen LogP contribution in [0, 0.1) is 15.5 Å². The van der Waals surface area contributed by atoms with Gasteiger partial charge in [0.1, 0.15) is 5.69 Å². The lowest BCUT2D eigenvalue weighted by Crippen LogP contribution is -2.73. The fraction of sp³-hybridized carbons (Fsp3) is 0.550. The molecule has 12 heteroatoms. The zero-order chi connectivity index (χ0) is 22.6. The number of morpholine rings is 2. The van der Waals surface area contributed by atoms with E-state index in [-0.39, 0.29) is 18.7 Å². The molecule has 5 rings (SSSR count). The van der Waals surface area contributed by atoms with Crippen LogP contribution in [0.3, 0.4) is 0 Å². The van der Waals surface area contributed by atoms with Crippen molar-refractivity contribution in [2.45, 2.75) is 12.5 Å². The van der Waals surface area contributed by atoms with E-state index in [4.69, 9.17) is 9.47 Å². The molecule has 0 unspecified atom stereocenters. The maximum atomic E-state index is 13.3. The number of anilines is 2. The third-order valence-corrected chi connectivity index (χ3v) is 6.82. The van der Waals surface area contributed by atoms with E-state index < -0.39 is 34.2 Å². The van der Waals surface area contributed by atoms with E-state index in [0.717, 1.165) is 10.6 Å². The molecular formula is C20H23N5O7. The zero-order valence-corrected chi connectivity index (χ0v) is 17.5. The van der Waals surface area contributed by atoms with Crippen LogP contribution in [-0.4, -0.2) is 86.8 Å². The van der Waals surface area contributed by atoms with Gasteiger partial charge in [0.25, 0.3) is 5.69 Å². The lowest BCUT2D eigenvalue weighted by Gasteiger charge is -2.53. The van der Waals surface area contributed by atoms with E-state index in [1.54, 1.807) is 6.07 Å². The number of nitrogens with zero attached hydrogens (tertiary/aromatic N) is 4. The maximum absolute atomic E-state index is 13.3. The summed E-state index contributed by atoms with van der Waals surface area (Å²) in [4.78, 5) is 54.7. The van der Waals surface area contributed by atoms with Crippen molar-refractivity contribution in [3.8, 4) is 0 Å². The summed E-state index contributed by atoms with van der Waals surface area (Å²) in [5, 5.41) is 14.2. The van der Waals surface area contributed by atoms with Gasteiger partial charge in [0.2, 0.25) is 11.8 Å². The molecule has 4 heterocycles. The van der Waals surface area contributed by atoms with Crippen LogP contribution in [-0.2, 0) is 25.5 Å². The fourth-order valence-corrected chi connectivity index (χ4v) is 5.17. The van der Waals surface area contributed by atoms with Crippen LogP contribution in [0.25, 0.3) is 0 Å². The normalized spacial score (nSPS) is 27.8. The van der Waals surface area contributed by atoms with Crippen LogP contribution in [0.5, 0.6) is 0 Å². The van der Waals surface area contributed by atoms with Gasteiger partial charge in [-0.25, -0.2) is 4.79 Å². The molecule has 0 saturated carbocycles. The summed E-state index contributed by atoms with van der Waals surface area (Å²) in [6, 6.07) is 1.83. The molecule has 1 aromatic carbocycles. The number of carbonyl (C=O) groups excluding carboxylic acids is 3. The van der Waals surface area contributed by atoms with Crippen molar-refractivity contribution < 1.29 is 28.8 Å². The number of nitro groups is 1. The van der Waals surface area contributed by atoms with E-state index in [1.165, 1.54) is 13.1 Å². The zero-order valence-electron chi connectivity index (χ0n) is 17.5. The van der Waals surface area contributed by atoms with Crippen molar-refractivity contribution in [1.82, 2.24) is 10.2 Å². The van der Waals surface area contributed by atoms with E-state index >= 15 is 0 Å². The first-order valence-corrected chi connectivity index (χ1v) is 10.5. The summed E-state index contributed by atoms with van der Waals surface area (Å²) in [7, 11) is 1.32. The van der Waals surface area contributed by atoms with Gasteiger partial charge < -0.3 is 19.3 Å². The second-order valence-electron chi connectivity index (χ2n) is 8.38. The van der Waals surface area contributed by atoms with Gasteiger partial charge in [-0.2, -0.15) is 0 Å². The second kappa shape index (κ2) is 7.41. The highest BCUT2D eigenvalue weighted by Gasteiger charge is 2.62. The van der Waals surface area contributed by atoms with Crippen LogP contribution >= 0.6 is 0 Å². The number of rotatable bonds is 2. The number of benzene rings is 1. The smallest absolute Gasteiger partial charge is 0.330 e. The molecule has 32 heavy (non-hydrogen) atoms. The van der Waals surface area contributed by atoms with E-state index in [2.05, 4.69) is 5.32 Å². The third kappa shape index (κ3) is 2.86. The van der Waals surface area contributed by atoms with E-state index in [0.29, 0.717) is 50.7 Å². The summed E-state index contributed by atoms with van der Waals surface area (Å²) >= 11 is 0. The van der Waals surface area contributed by atoms with Crippen LogP contribution in [0.2, 0.25) is 0 Å². The standard InChI is InChI=1S/C20H23N5O7/c1-22-18(27)20(17(26)21-19(22)28)10-12-8-15(25(29)30)14(23-2-5-31-6-3-23)9-13(12)24-4-7-32-11-16(20)24/h8-9,16H,2-7,10-11H2,1H3,(H,21,26,28)/t16-,20+/m0/s1. The molecule has 1 aromatic rings. The summed E-state index contributed by atoms with van der Waals surface area (Å²) in [5.74, 6) is -1.33. The Bertz CT molecular complexity index is 1020. The molecule has 0 radical (unpaired) electrons. The Morgan fingerprint density at radius 3 is 2.53 bits per heavy atom. The molecule has 0 aliphatic carbocycles. The van der Waals surface area contributed by atoms with Crippen molar-refractivity contribution >= 4 is 34.9 Å². The first-order valence-electron chi connectivity index (χ1n) is 10.5. The number of fused-ring (bicyclic) bond motifs is 4. The molecule has 12 nitrogen and oxygen atoms in total. The molecule has 170 valence electrons. The topological polar surface area (TPSA) is 135 Å². The van der Waals surface area contributed by atoms with Gasteiger partial charge >= 0.3 is 6.03 Å². The minimum Gasteiger partial charge on any atom is -0.378 e. The number of barbiturate groups is 1. The summed E-state index contributed by atoms with van der Waals surface area (Å²) in [6.45, 7) is 2.95. The number of imide groups is 2. The van der Waals surface area contributed by atoms with Crippen molar-refractivity contribution in [3.05, 3.63) is 27.8 Å². The number of nitro benzene ring substituents is 1. The van der Waals surface area contributed by atoms with Gasteiger partial charge in [0, 0.05) is 44.9 Å². The van der Waals surface area contributed by atoms with E-state index in [9.17, 15) is 24.5 Å². The maximum Gasteiger partial charge on any atom is 0.330 e. The van der Waals surface area contributed by atoms with Crippen LogP contribution < -0.4 is 15.1 Å². The number of hydrogen-bond acceptors (Lipinski definition) is 9. The quantitative estimate of drug-likeness (QED) is 0.376. The number of nitrogens with one attached hydrogen (secondary N) is 1. The Morgan fingerprint density at radius 1 is 1.09 bits per heavy atom. The van der Waals surface area contributed by atoms with Crippen LogP contribution in [0.4, 0.5) is 21.9 Å². The van der Waals surface area contributed by atoms with Gasteiger partial charge in [-0.05, 0) is 11.6 Å². The summed E-state index contributed by atoms with van der Waals surface area (Å²) in [5.41, 5.74) is 0.0737. The Morgan fingerprint density at radius 2 is 1.81 bits per heavy atom. The average molecular weight is 445 g/mol. The predicted octanol–water partition coefficient (Wildman–Crippen LogP) is -0.113. The number of carbonyl (C=O) groups is 3. The number of urea groups is 1. The molecule has 4 aliphatic rings. The molecule has 0 aromatic heterocycles. The third-order valence-electron chi connectivity index (χ3n) is 6.82. The SMILES string of the molecule is CN1C(=O)NC(=O)[C@]2(Cc3cc([N+](=O)[O-])c(N4CCOCC4)cc3N3CCOC[C@H]32)C1=O. The van der Waals surface area contributed by atoms with Crippen molar-refractivity contribution in [2.75, 3.05) is 62.9 Å². The van der Waals surface area contributed by atoms with Crippen LogP contribution in [0.1, 0.15) is 5.56 Å². The Hall–Kier alpha value is -3.25. The first kappa shape index (κ1) is 20.6. The molecule has 4 aliphatic heterocycles. The highest BCUT2D eigenvalue weighted by Crippen LogP contribution is 2.48. The lowest BCUT2D eigenvalue weighted by atomic mass is 9.68. The minimum absolute atomic E-state index is 0.0562. The molecule has 4 amide bonds. The lowest BCUT2D eigenvalue weighted by molar-refractivity contribution is -0.384. The van der Waals surface area contributed by atoms with Crippen LogP contribution in [0.15, 0.2) is 12.1 Å².